The maximum atomic E-state index is 12.2. The van der Waals surface area contributed by atoms with Crippen LogP contribution in [0.5, 0.6) is 5.75 Å². The van der Waals surface area contributed by atoms with Gasteiger partial charge in [0.25, 0.3) is 0 Å². The van der Waals surface area contributed by atoms with Crippen LogP contribution in [0.1, 0.15) is 18.4 Å². The Kier molecular flexibility index (Phi) is 11.4. The molecule has 4 nitrogen and oxygen atoms in total. The first-order chi connectivity index (χ1) is 10.6. The predicted molar refractivity (Wildman–Crippen MR) is 101 cm³/mol. The summed E-state index contributed by atoms with van der Waals surface area (Å²) in [6, 6.07) is 6.62. The summed E-state index contributed by atoms with van der Waals surface area (Å²) in [5, 5.41) is 3.20. The minimum Gasteiger partial charge on any atom is -0.435 e. The minimum atomic E-state index is -2.81. The van der Waals surface area contributed by atoms with E-state index in [-0.39, 0.29) is 29.7 Å². The van der Waals surface area contributed by atoms with Crippen LogP contribution >= 0.6 is 24.0 Å². The topological polar surface area (TPSA) is 36.9 Å². The van der Waals surface area contributed by atoms with Gasteiger partial charge in [0.15, 0.2) is 5.96 Å². The van der Waals surface area contributed by atoms with Gasteiger partial charge in [0, 0.05) is 27.2 Å². The molecule has 0 fully saturated rings. The summed E-state index contributed by atoms with van der Waals surface area (Å²) in [5.41, 5.74) is 0.846. The van der Waals surface area contributed by atoms with Crippen LogP contribution in [-0.2, 0) is 6.54 Å². The van der Waals surface area contributed by atoms with Crippen LogP contribution in [0.4, 0.5) is 8.78 Å². The summed E-state index contributed by atoms with van der Waals surface area (Å²) in [7, 11) is 3.66. The molecule has 1 N–H and O–H groups in total. The fourth-order valence-corrected chi connectivity index (χ4v) is 1.98. The standard InChI is InChI=1S/C16H23F2N3O.HI/c1-4-5-6-10-21(3)16(19-2)20-12-13-8-7-9-14(11-13)22-15(17)18;/h4,7-9,11,15H,1,5-6,10,12H2,2-3H3,(H,19,20);1H. The van der Waals surface area contributed by atoms with Crippen LogP contribution in [0, 0.1) is 0 Å². The van der Waals surface area contributed by atoms with Crippen molar-refractivity contribution < 1.29 is 13.5 Å². The molecule has 130 valence electrons. The number of nitrogens with zero attached hydrogens (tertiary/aromatic N) is 2. The van der Waals surface area contributed by atoms with Crippen LogP contribution in [0.15, 0.2) is 41.9 Å². The van der Waals surface area contributed by atoms with E-state index in [1.165, 1.54) is 6.07 Å². The Balaban J connectivity index is 0.00000484. The van der Waals surface area contributed by atoms with E-state index in [4.69, 9.17) is 0 Å². The lowest BCUT2D eigenvalue weighted by molar-refractivity contribution is -0.0498. The Morgan fingerprint density at radius 1 is 1.48 bits per heavy atom. The van der Waals surface area contributed by atoms with Crippen molar-refractivity contribution in [2.24, 2.45) is 4.99 Å². The molecule has 0 spiro atoms. The van der Waals surface area contributed by atoms with Crippen LogP contribution in [0.2, 0.25) is 0 Å². The van der Waals surface area contributed by atoms with Crippen molar-refractivity contribution in [1.29, 1.82) is 0 Å². The van der Waals surface area contributed by atoms with Crippen LogP contribution in [0.3, 0.4) is 0 Å². The molecule has 0 radical (unpaired) electrons. The Labute approximate surface area is 153 Å². The van der Waals surface area contributed by atoms with Gasteiger partial charge in [0.05, 0.1) is 0 Å². The molecular formula is C16H24F2IN3O. The largest absolute Gasteiger partial charge is 0.435 e. The predicted octanol–water partition coefficient (Wildman–Crippen LogP) is 3.88. The number of benzene rings is 1. The fraction of sp³-hybridized carbons (Fsp3) is 0.438. The number of rotatable bonds is 8. The Bertz CT molecular complexity index is 498. The first-order valence-electron chi connectivity index (χ1n) is 7.13. The molecule has 1 rings (SSSR count). The molecule has 0 aliphatic heterocycles. The van der Waals surface area contributed by atoms with Crippen molar-refractivity contribution in [3.63, 3.8) is 0 Å². The van der Waals surface area contributed by atoms with Crippen LogP contribution < -0.4 is 10.1 Å². The molecule has 0 saturated carbocycles. The third kappa shape index (κ3) is 8.73. The maximum Gasteiger partial charge on any atom is 0.387 e. The van der Waals surface area contributed by atoms with Gasteiger partial charge >= 0.3 is 6.61 Å². The minimum absolute atomic E-state index is 0. The van der Waals surface area contributed by atoms with Gasteiger partial charge in [-0.05, 0) is 30.5 Å². The van der Waals surface area contributed by atoms with Gasteiger partial charge in [-0.3, -0.25) is 4.99 Å². The van der Waals surface area contributed by atoms with Gasteiger partial charge in [0.1, 0.15) is 5.75 Å². The Morgan fingerprint density at radius 3 is 2.83 bits per heavy atom. The van der Waals surface area contributed by atoms with Crippen LogP contribution in [-0.4, -0.2) is 38.1 Å². The SMILES string of the molecule is C=CCCCN(C)C(=NC)NCc1cccc(OC(F)F)c1.I. The lowest BCUT2D eigenvalue weighted by atomic mass is 10.2. The quantitative estimate of drug-likeness (QED) is 0.220. The number of nitrogens with one attached hydrogen (secondary N) is 1. The molecule has 0 unspecified atom stereocenters. The first-order valence-corrected chi connectivity index (χ1v) is 7.13. The second-order valence-electron chi connectivity index (χ2n) is 4.78. The van der Waals surface area contributed by atoms with E-state index in [0.29, 0.717) is 6.54 Å². The number of hydrogen-bond donors (Lipinski definition) is 1. The summed E-state index contributed by atoms with van der Waals surface area (Å²) >= 11 is 0. The van der Waals surface area contributed by atoms with Crippen molar-refractivity contribution in [1.82, 2.24) is 10.2 Å². The number of guanidine groups is 1. The van der Waals surface area contributed by atoms with Crippen molar-refractivity contribution in [2.45, 2.75) is 26.0 Å². The molecule has 23 heavy (non-hydrogen) atoms. The summed E-state index contributed by atoms with van der Waals surface area (Å²) in [5.74, 6) is 0.910. The normalized spacial score (nSPS) is 10.9. The highest BCUT2D eigenvalue weighted by atomic mass is 127. The maximum absolute atomic E-state index is 12.2. The monoisotopic (exact) mass is 439 g/mol. The number of ether oxygens (including phenoxy) is 1. The Hall–Kier alpha value is -1.38. The first kappa shape index (κ1) is 21.6. The van der Waals surface area contributed by atoms with Crippen molar-refractivity contribution in [2.75, 3.05) is 20.6 Å². The number of alkyl halides is 2. The van der Waals surface area contributed by atoms with E-state index >= 15 is 0 Å². The highest BCUT2D eigenvalue weighted by Crippen LogP contribution is 2.15. The second-order valence-corrected chi connectivity index (χ2v) is 4.78. The van der Waals surface area contributed by atoms with E-state index < -0.39 is 6.61 Å². The summed E-state index contributed by atoms with van der Waals surface area (Å²) in [4.78, 5) is 6.22. The number of hydrogen-bond acceptors (Lipinski definition) is 2. The van der Waals surface area contributed by atoms with Crippen LogP contribution in [0.25, 0.3) is 0 Å². The number of aliphatic imine (C=N–C) groups is 1. The molecule has 0 aromatic heterocycles. The molecule has 0 saturated heterocycles. The highest BCUT2D eigenvalue weighted by molar-refractivity contribution is 14.0. The molecule has 0 bridgehead atoms. The zero-order chi connectivity index (χ0) is 16.4. The van der Waals surface area contributed by atoms with E-state index in [1.54, 1.807) is 19.2 Å². The van der Waals surface area contributed by atoms with Crippen molar-refractivity contribution in [3.05, 3.63) is 42.5 Å². The summed E-state index contributed by atoms with van der Waals surface area (Å²) in [6.07, 6.45) is 3.84. The smallest absolute Gasteiger partial charge is 0.387 e. The highest BCUT2D eigenvalue weighted by Gasteiger charge is 2.07. The third-order valence-electron chi connectivity index (χ3n) is 3.05. The van der Waals surface area contributed by atoms with E-state index in [0.717, 1.165) is 30.9 Å². The second kappa shape index (κ2) is 12.1. The number of allylic oxidation sites excluding steroid dienone is 1. The summed E-state index contributed by atoms with van der Waals surface area (Å²) < 4.78 is 28.8. The van der Waals surface area contributed by atoms with Crippen molar-refractivity contribution >= 4 is 29.9 Å². The molecule has 0 aliphatic rings. The molecule has 0 heterocycles. The average Bonchev–Trinajstić information content (AvgIpc) is 2.48. The Morgan fingerprint density at radius 2 is 2.22 bits per heavy atom. The zero-order valence-corrected chi connectivity index (χ0v) is 15.8. The molecule has 0 atom stereocenters. The van der Waals surface area contributed by atoms with Gasteiger partial charge < -0.3 is 15.0 Å². The van der Waals surface area contributed by atoms with Gasteiger partial charge in [-0.1, -0.05) is 18.2 Å². The molecule has 7 heteroatoms. The third-order valence-corrected chi connectivity index (χ3v) is 3.05. The van der Waals surface area contributed by atoms with Gasteiger partial charge in [0.2, 0.25) is 0 Å². The summed E-state index contributed by atoms with van der Waals surface area (Å²) in [6.45, 7) is 2.23. The molecule has 1 aromatic rings. The lowest BCUT2D eigenvalue weighted by Gasteiger charge is -2.22. The zero-order valence-electron chi connectivity index (χ0n) is 13.5. The van der Waals surface area contributed by atoms with Gasteiger partial charge in [-0.2, -0.15) is 8.78 Å². The molecular weight excluding hydrogens is 415 g/mol. The van der Waals surface area contributed by atoms with Crippen molar-refractivity contribution in [3.8, 4) is 5.75 Å². The lowest BCUT2D eigenvalue weighted by Crippen LogP contribution is -2.38. The van der Waals surface area contributed by atoms with E-state index in [1.807, 2.05) is 24.1 Å². The van der Waals surface area contributed by atoms with Gasteiger partial charge in [-0.15, -0.1) is 30.6 Å². The fourth-order valence-electron chi connectivity index (χ4n) is 1.98. The van der Waals surface area contributed by atoms with E-state index in [9.17, 15) is 8.78 Å². The molecule has 0 aliphatic carbocycles. The van der Waals surface area contributed by atoms with Gasteiger partial charge in [-0.25, -0.2) is 0 Å². The number of halogens is 3. The molecule has 0 amide bonds. The average molecular weight is 439 g/mol. The van der Waals surface area contributed by atoms with E-state index in [2.05, 4.69) is 21.6 Å². The number of unbranched alkanes of at least 4 members (excludes halogenated alkanes) is 1. The molecule has 1 aromatic carbocycles.